The van der Waals surface area contributed by atoms with Crippen LogP contribution in [0.5, 0.6) is 0 Å². The largest absolute Gasteiger partial charge is 0.389 e. The van der Waals surface area contributed by atoms with E-state index in [4.69, 9.17) is 9.47 Å². The predicted octanol–water partition coefficient (Wildman–Crippen LogP) is 0.0588. The zero-order valence-corrected chi connectivity index (χ0v) is 8.73. The van der Waals surface area contributed by atoms with E-state index in [9.17, 15) is 5.11 Å². The van der Waals surface area contributed by atoms with Gasteiger partial charge >= 0.3 is 0 Å². The monoisotopic (exact) mass is 189 g/mol. The standard InChI is InChI=1S/C9H19NO3/c1-6-9(11)7(10(2)3)5-8(12-4)13-6/h6-9,11H,5H2,1-4H3/t6-,7+,8?,9-/m0/s1. The van der Waals surface area contributed by atoms with E-state index in [0.29, 0.717) is 0 Å². The van der Waals surface area contributed by atoms with Crippen LogP contribution >= 0.6 is 0 Å². The lowest BCUT2D eigenvalue weighted by Gasteiger charge is -2.40. The molecule has 1 N–H and O–H groups in total. The summed E-state index contributed by atoms with van der Waals surface area (Å²) in [5.74, 6) is 0. The number of aliphatic hydroxyl groups is 1. The van der Waals surface area contributed by atoms with Gasteiger partial charge in [-0.15, -0.1) is 0 Å². The molecule has 0 bridgehead atoms. The van der Waals surface area contributed by atoms with Crippen molar-refractivity contribution < 1.29 is 14.6 Å². The number of hydrogen-bond acceptors (Lipinski definition) is 4. The molecule has 0 spiro atoms. The Morgan fingerprint density at radius 2 is 2.08 bits per heavy atom. The van der Waals surface area contributed by atoms with Crippen LogP contribution < -0.4 is 0 Å². The Kier molecular flexibility index (Phi) is 3.67. The highest BCUT2D eigenvalue weighted by Gasteiger charge is 2.36. The van der Waals surface area contributed by atoms with Crippen LogP contribution in [0.25, 0.3) is 0 Å². The van der Waals surface area contributed by atoms with Crippen LogP contribution in [-0.2, 0) is 9.47 Å². The first-order valence-corrected chi connectivity index (χ1v) is 4.59. The van der Waals surface area contributed by atoms with Gasteiger partial charge < -0.3 is 19.5 Å². The van der Waals surface area contributed by atoms with E-state index in [1.54, 1.807) is 7.11 Å². The first kappa shape index (κ1) is 10.9. The molecule has 1 fully saturated rings. The van der Waals surface area contributed by atoms with Gasteiger partial charge in [0.1, 0.15) is 0 Å². The van der Waals surface area contributed by atoms with Crippen molar-refractivity contribution in [3.63, 3.8) is 0 Å². The number of nitrogens with zero attached hydrogens (tertiary/aromatic N) is 1. The molecule has 1 aliphatic heterocycles. The van der Waals surface area contributed by atoms with Crippen molar-refractivity contribution >= 4 is 0 Å². The van der Waals surface area contributed by atoms with Crippen molar-refractivity contribution in [1.29, 1.82) is 0 Å². The van der Waals surface area contributed by atoms with Gasteiger partial charge in [0.15, 0.2) is 6.29 Å². The van der Waals surface area contributed by atoms with Crippen LogP contribution in [0.3, 0.4) is 0 Å². The number of methoxy groups -OCH3 is 1. The molecule has 0 aliphatic carbocycles. The molecule has 0 aromatic rings. The Balaban J connectivity index is 2.60. The zero-order chi connectivity index (χ0) is 10.0. The van der Waals surface area contributed by atoms with E-state index in [2.05, 4.69) is 0 Å². The number of rotatable bonds is 2. The van der Waals surface area contributed by atoms with Gasteiger partial charge in [-0.05, 0) is 21.0 Å². The lowest BCUT2D eigenvalue weighted by atomic mass is 9.99. The van der Waals surface area contributed by atoms with Gasteiger partial charge in [-0.2, -0.15) is 0 Å². The van der Waals surface area contributed by atoms with Gasteiger partial charge in [0.2, 0.25) is 0 Å². The Morgan fingerprint density at radius 1 is 1.46 bits per heavy atom. The molecule has 0 amide bonds. The summed E-state index contributed by atoms with van der Waals surface area (Å²) in [6, 6.07) is 0.119. The summed E-state index contributed by atoms with van der Waals surface area (Å²) < 4.78 is 10.6. The first-order valence-electron chi connectivity index (χ1n) is 4.59. The van der Waals surface area contributed by atoms with Gasteiger partial charge in [-0.25, -0.2) is 0 Å². The highest BCUT2D eigenvalue weighted by atomic mass is 16.7. The van der Waals surface area contributed by atoms with E-state index in [1.807, 2.05) is 25.9 Å². The van der Waals surface area contributed by atoms with Crippen molar-refractivity contribution in [1.82, 2.24) is 4.90 Å². The fourth-order valence-corrected chi connectivity index (χ4v) is 1.69. The van der Waals surface area contributed by atoms with Crippen LogP contribution in [0.1, 0.15) is 13.3 Å². The molecule has 1 rings (SSSR count). The molecule has 1 saturated heterocycles. The second kappa shape index (κ2) is 4.37. The number of aliphatic hydroxyl groups excluding tert-OH is 1. The fourth-order valence-electron chi connectivity index (χ4n) is 1.69. The number of ether oxygens (including phenoxy) is 2. The second-order valence-corrected chi connectivity index (χ2v) is 3.76. The maximum atomic E-state index is 9.80. The third-order valence-corrected chi connectivity index (χ3v) is 2.60. The molecule has 0 aromatic carbocycles. The third-order valence-electron chi connectivity index (χ3n) is 2.60. The van der Waals surface area contributed by atoms with Gasteiger partial charge in [0.05, 0.1) is 12.2 Å². The highest BCUT2D eigenvalue weighted by molar-refractivity contribution is 4.85. The van der Waals surface area contributed by atoms with Crippen molar-refractivity contribution in [2.75, 3.05) is 21.2 Å². The van der Waals surface area contributed by atoms with Crippen molar-refractivity contribution in [3.05, 3.63) is 0 Å². The molecule has 0 radical (unpaired) electrons. The van der Waals surface area contributed by atoms with Crippen molar-refractivity contribution in [3.8, 4) is 0 Å². The van der Waals surface area contributed by atoms with Crippen LogP contribution in [0, 0.1) is 0 Å². The van der Waals surface area contributed by atoms with Crippen molar-refractivity contribution in [2.24, 2.45) is 0 Å². The lowest BCUT2D eigenvalue weighted by Crippen LogP contribution is -2.53. The number of hydrogen-bond donors (Lipinski definition) is 1. The van der Waals surface area contributed by atoms with Gasteiger partial charge in [0.25, 0.3) is 0 Å². The summed E-state index contributed by atoms with van der Waals surface area (Å²) in [6.07, 6.45) is -0.0621. The summed E-state index contributed by atoms with van der Waals surface area (Å²) in [5, 5.41) is 9.80. The fraction of sp³-hybridized carbons (Fsp3) is 1.00. The zero-order valence-electron chi connectivity index (χ0n) is 8.73. The number of likely N-dealkylation sites (N-methyl/N-ethyl adjacent to an activating group) is 1. The molecule has 1 heterocycles. The van der Waals surface area contributed by atoms with Crippen LogP contribution in [0.15, 0.2) is 0 Å². The average Bonchev–Trinajstić information content (AvgIpc) is 2.09. The molecule has 0 aromatic heterocycles. The smallest absolute Gasteiger partial charge is 0.159 e. The van der Waals surface area contributed by atoms with E-state index < -0.39 is 6.10 Å². The average molecular weight is 189 g/mol. The summed E-state index contributed by atoms with van der Waals surface area (Å²) in [7, 11) is 5.54. The van der Waals surface area contributed by atoms with Crippen molar-refractivity contribution in [2.45, 2.75) is 37.9 Å². The summed E-state index contributed by atoms with van der Waals surface area (Å²) in [6.45, 7) is 1.87. The predicted molar refractivity (Wildman–Crippen MR) is 49.4 cm³/mol. The summed E-state index contributed by atoms with van der Waals surface area (Å²) in [5.41, 5.74) is 0. The van der Waals surface area contributed by atoms with Crippen LogP contribution in [0.4, 0.5) is 0 Å². The minimum Gasteiger partial charge on any atom is -0.389 e. The maximum absolute atomic E-state index is 9.80. The Bertz CT molecular complexity index is 163. The minimum atomic E-state index is -0.429. The Labute approximate surface area is 79.4 Å². The summed E-state index contributed by atoms with van der Waals surface area (Å²) in [4.78, 5) is 2.01. The molecule has 4 nitrogen and oxygen atoms in total. The van der Waals surface area contributed by atoms with Crippen LogP contribution in [0.2, 0.25) is 0 Å². The topological polar surface area (TPSA) is 41.9 Å². The van der Waals surface area contributed by atoms with E-state index in [1.165, 1.54) is 0 Å². The molecule has 1 unspecified atom stereocenters. The second-order valence-electron chi connectivity index (χ2n) is 3.76. The minimum absolute atomic E-state index is 0.119. The molecular weight excluding hydrogens is 170 g/mol. The molecule has 4 atom stereocenters. The van der Waals surface area contributed by atoms with Gasteiger partial charge in [-0.1, -0.05) is 0 Å². The first-order chi connectivity index (χ1) is 6.06. The van der Waals surface area contributed by atoms with E-state index in [-0.39, 0.29) is 18.4 Å². The Morgan fingerprint density at radius 3 is 2.54 bits per heavy atom. The molecular formula is C9H19NO3. The van der Waals surface area contributed by atoms with Crippen LogP contribution in [-0.4, -0.2) is 55.8 Å². The third kappa shape index (κ3) is 2.40. The highest BCUT2D eigenvalue weighted by Crippen LogP contribution is 2.23. The lowest BCUT2D eigenvalue weighted by molar-refractivity contribution is -0.224. The van der Waals surface area contributed by atoms with E-state index >= 15 is 0 Å². The normalized spacial score (nSPS) is 41.1. The molecule has 0 saturated carbocycles. The van der Waals surface area contributed by atoms with Gasteiger partial charge in [-0.3, -0.25) is 0 Å². The quantitative estimate of drug-likeness (QED) is 0.667. The SMILES string of the molecule is COC1C[C@@H](N(C)C)[C@@H](O)[C@H](C)O1. The van der Waals surface area contributed by atoms with Gasteiger partial charge in [0, 0.05) is 19.6 Å². The maximum Gasteiger partial charge on any atom is 0.159 e. The van der Waals surface area contributed by atoms with E-state index in [0.717, 1.165) is 6.42 Å². The molecule has 78 valence electrons. The molecule has 1 aliphatic rings. The molecule has 13 heavy (non-hydrogen) atoms. The molecule has 4 heteroatoms. The Hall–Kier alpha value is -0.160. The summed E-state index contributed by atoms with van der Waals surface area (Å²) >= 11 is 0.